The number of piperazine rings is 1. The number of guanidine groups is 1. The lowest BCUT2D eigenvalue weighted by Gasteiger charge is -2.36. The molecule has 1 saturated heterocycles. The number of nitrogens with zero attached hydrogens (tertiary/aromatic N) is 6. The summed E-state index contributed by atoms with van der Waals surface area (Å²) < 4.78 is 9.95. The highest BCUT2D eigenvalue weighted by Crippen LogP contribution is 2.19. The maximum absolute atomic E-state index is 5.54. The van der Waals surface area contributed by atoms with Crippen molar-refractivity contribution in [3.63, 3.8) is 0 Å². The molecule has 8 nitrogen and oxygen atoms in total. The minimum Gasteiger partial charge on any atom is -0.478 e. The second-order valence-corrected chi connectivity index (χ2v) is 7.57. The minimum atomic E-state index is 0. The molecule has 0 atom stereocenters. The molecule has 0 radical (unpaired) electrons. The summed E-state index contributed by atoms with van der Waals surface area (Å²) in [6, 6.07) is 3.95. The summed E-state index contributed by atoms with van der Waals surface area (Å²) in [6.45, 7) is 12.1. The quantitative estimate of drug-likeness (QED) is 0.310. The summed E-state index contributed by atoms with van der Waals surface area (Å²) in [5, 5.41) is 4.44. The number of halogens is 1. The summed E-state index contributed by atoms with van der Waals surface area (Å²) in [5.74, 6) is 2.55. The van der Waals surface area contributed by atoms with Gasteiger partial charge in [0.15, 0.2) is 5.96 Å². The van der Waals surface area contributed by atoms with Crippen molar-refractivity contribution in [3.05, 3.63) is 29.7 Å². The summed E-state index contributed by atoms with van der Waals surface area (Å²) in [4.78, 5) is 18.4. The molecule has 30 heavy (non-hydrogen) atoms. The van der Waals surface area contributed by atoms with Crippen molar-refractivity contribution in [2.24, 2.45) is 4.99 Å². The number of aryl methyl sites for hydroxylation is 1. The van der Waals surface area contributed by atoms with Gasteiger partial charge >= 0.3 is 0 Å². The van der Waals surface area contributed by atoms with Gasteiger partial charge in [-0.15, -0.1) is 24.0 Å². The Balaban J connectivity index is 0.00000320. The van der Waals surface area contributed by atoms with Crippen LogP contribution in [-0.4, -0.2) is 64.5 Å². The number of rotatable bonds is 8. The molecule has 10 heteroatoms. The van der Waals surface area contributed by atoms with Crippen LogP contribution in [0.2, 0.25) is 0 Å². The summed E-state index contributed by atoms with van der Waals surface area (Å²) >= 11 is 1.50. The van der Waals surface area contributed by atoms with Crippen molar-refractivity contribution < 1.29 is 4.74 Å². The molecule has 0 saturated carbocycles. The zero-order valence-corrected chi connectivity index (χ0v) is 21.2. The fraction of sp³-hybridized carbons (Fsp3) is 0.600. The van der Waals surface area contributed by atoms with Crippen LogP contribution in [0.25, 0.3) is 0 Å². The third-order valence-electron chi connectivity index (χ3n) is 4.62. The molecule has 3 heterocycles. The number of aromatic nitrogens is 3. The maximum Gasteiger partial charge on any atom is 0.213 e. The molecule has 1 aliphatic rings. The predicted molar refractivity (Wildman–Crippen MR) is 133 cm³/mol. The van der Waals surface area contributed by atoms with Crippen molar-refractivity contribution >= 4 is 46.6 Å². The summed E-state index contributed by atoms with van der Waals surface area (Å²) in [7, 11) is 0. The van der Waals surface area contributed by atoms with Crippen LogP contribution < -0.4 is 15.0 Å². The van der Waals surface area contributed by atoms with Gasteiger partial charge < -0.3 is 19.9 Å². The van der Waals surface area contributed by atoms with Crippen LogP contribution in [0, 0.1) is 0 Å². The van der Waals surface area contributed by atoms with E-state index in [0.717, 1.165) is 68.0 Å². The molecule has 166 valence electrons. The van der Waals surface area contributed by atoms with Crippen LogP contribution in [0.3, 0.4) is 0 Å². The first-order valence-corrected chi connectivity index (χ1v) is 11.2. The van der Waals surface area contributed by atoms with Crippen LogP contribution in [0.4, 0.5) is 5.13 Å². The number of aliphatic imine (C=N–C) groups is 1. The molecule has 0 aliphatic carbocycles. The van der Waals surface area contributed by atoms with E-state index in [0.29, 0.717) is 19.0 Å². The second kappa shape index (κ2) is 12.9. The van der Waals surface area contributed by atoms with Crippen molar-refractivity contribution in [2.45, 2.75) is 40.2 Å². The van der Waals surface area contributed by atoms with Gasteiger partial charge in [-0.1, -0.05) is 19.9 Å². The molecular formula is C20H32IN7OS. The molecule has 0 aromatic carbocycles. The normalized spacial score (nSPS) is 14.4. The topological polar surface area (TPSA) is 78.8 Å². The van der Waals surface area contributed by atoms with Gasteiger partial charge in [0.25, 0.3) is 0 Å². The molecule has 1 aliphatic heterocycles. The van der Waals surface area contributed by atoms with E-state index in [2.05, 4.69) is 50.2 Å². The standard InChI is InChI=1S/C20H31N7OS.HI/c1-4-13-28-18-8-7-16(14-22-18)15-23-19(21-6-3)26-9-11-27(12-10-26)20-24-17(5-2)25-29-20;/h7-8,14H,4-6,9-13,15H2,1-3H3,(H,21,23);1H. The van der Waals surface area contributed by atoms with E-state index in [1.165, 1.54) is 11.5 Å². The Morgan fingerprint density at radius 1 is 1.20 bits per heavy atom. The highest BCUT2D eigenvalue weighted by molar-refractivity contribution is 14.0. The first kappa shape index (κ1) is 24.6. The number of ether oxygens (including phenoxy) is 1. The first-order valence-electron chi connectivity index (χ1n) is 10.4. The minimum absolute atomic E-state index is 0. The number of pyridine rings is 1. The van der Waals surface area contributed by atoms with Crippen LogP contribution >= 0.6 is 35.5 Å². The molecule has 2 aromatic rings. The Morgan fingerprint density at radius 2 is 2.00 bits per heavy atom. The molecular weight excluding hydrogens is 513 g/mol. The molecule has 0 amide bonds. The van der Waals surface area contributed by atoms with Crippen LogP contribution in [-0.2, 0) is 13.0 Å². The van der Waals surface area contributed by atoms with Crippen molar-refractivity contribution in [1.82, 2.24) is 24.6 Å². The van der Waals surface area contributed by atoms with Gasteiger partial charge in [-0.05, 0) is 18.9 Å². The lowest BCUT2D eigenvalue weighted by molar-refractivity contribution is 0.305. The zero-order chi connectivity index (χ0) is 20.5. The molecule has 1 N–H and O–H groups in total. The fourth-order valence-electron chi connectivity index (χ4n) is 3.01. The van der Waals surface area contributed by atoms with Gasteiger partial charge in [0.05, 0.1) is 13.2 Å². The van der Waals surface area contributed by atoms with Gasteiger partial charge in [-0.2, -0.15) is 4.37 Å². The second-order valence-electron chi connectivity index (χ2n) is 6.84. The number of hydrogen-bond donors (Lipinski definition) is 1. The Morgan fingerprint density at radius 3 is 2.60 bits per heavy atom. The van der Waals surface area contributed by atoms with Gasteiger partial charge in [-0.3, -0.25) is 0 Å². The number of hydrogen-bond acceptors (Lipinski definition) is 7. The lowest BCUT2D eigenvalue weighted by Crippen LogP contribution is -2.52. The van der Waals surface area contributed by atoms with E-state index in [1.807, 2.05) is 18.3 Å². The van der Waals surface area contributed by atoms with Gasteiger partial charge in [0.1, 0.15) is 5.82 Å². The molecule has 0 unspecified atom stereocenters. The Labute approximate surface area is 200 Å². The molecule has 3 rings (SSSR count). The SMILES string of the molecule is CCCOc1ccc(CN=C(NCC)N2CCN(c3nc(CC)ns3)CC2)cn1.I. The maximum atomic E-state index is 5.54. The van der Waals surface area contributed by atoms with Gasteiger partial charge in [0, 0.05) is 62.9 Å². The van der Waals surface area contributed by atoms with E-state index in [-0.39, 0.29) is 24.0 Å². The van der Waals surface area contributed by atoms with Gasteiger partial charge in [-0.25, -0.2) is 15.0 Å². The fourth-order valence-corrected chi connectivity index (χ4v) is 3.82. The zero-order valence-electron chi connectivity index (χ0n) is 18.0. The predicted octanol–water partition coefficient (Wildman–Crippen LogP) is 3.19. The molecule has 1 fully saturated rings. The monoisotopic (exact) mass is 545 g/mol. The molecule has 2 aromatic heterocycles. The molecule has 0 bridgehead atoms. The number of nitrogens with one attached hydrogen (secondary N) is 1. The van der Waals surface area contributed by atoms with Crippen molar-refractivity contribution in [1.29, 1.82) is 0 Å². The van der Waals surface area contributed by atoms with Gasteiger partial charge in [0.2, 0.25) is 11.0 Å². The van der Waals surface area contributed by atoms with Crippen LogP contribution in [0.5, 0.6) is 5.88 Å². The van der Waals surface area contributed by atoms with E-state index in [1.54, 1.807) is 0 Å². The largest absolute Gasteiger partial charge is 0.478 e. The van der Waals surface area contributed by atoms with E-state index < -0.39 is 0 Å². The smallest absolute Gasteiger partial charge is 0.213 e. The van der Waals surface area contributed by atoms with E-state index in [4.69, 9.17) is 9.73 Å². The van der Waals surface area contributed by atoms with Crippen molar-refractivity contribution in [2.75, 3.05) is 44.2 Å². The van der Waals surface area contributed by atoms with Crippen molar-refractivity contribution in [3.8, 4) is 5.88 Å². The third-order valence-corrected chi connectivity index (χ3v) is 5.44. The Bertz CT molecular complexity index is 776. The number of anilines is 1. The third kappa shape index (κ3) is 6.93. The summed E-state index contributed by atoms with van der Waals surface area (Å²) in [5.41, 5.74) is 1.07. The average Bonchev–Trinajstić information content (AvgIpc) is 3.25. The average molecular weight is 545 g/mol. The Hall–Kier alpha value is -1.69. The van der Waals surface area contributed by atoms with E-state index in [9.17, 15) is 0 Å². The molecule has 0 spiro atoms. The summed E-state index contributed by atoms with van der Waals surface area (Å²) in [6.07, 6.45) is 3.71. The highest BCUT2D eigenvalue weighted by Gasteiger charge is 2.22. The van der Waals surface area contributed by atoms with Crippen LogP contribution in [0.1, 0.15) is 38.6 Å². The first-order chi connectivity index (χ1) is 14.2. The van der Waals surface area contributed by atoms with E-state index >= 15 is 0 Å². The highest BCUT2D eigenvalue weighted by atomic mass is 127. The Kier molecular flexibility index (Phi) is 10.6. The lowest BCUT2D eigenvalue weighted by atomic mass is 10.3. The van der Waals surface area contributed by atoms with Crippen LogP contribution in [0.15, 0.2) is 23.3 Å².